The second-order valence-electron chi connectivity index (χ2n) is 7.81. The van der Waals surface area contributed by atoms with E-state index >= 15 is 0 Å². The minimum atomic E-state index is 0.811. The van der Waals surface area contributed by atoms with Crippen LogP contribution in [-0.4, -0.2) is 6.16 Å². The Balaban J connectivity index is 1.66. The molecule has 96 valence electrons. The Kier molecular flexibility index (Phi) is 2.47. The molecule has 0 radical (unpaired) electrons. The molecule has 1 heteroatoms. The molecule has 4 fully saturated rings. The van der Waals surface area contributed by atoms with E-state index in [0.29, 0.717) is 0 Å². The van der Waals surface area contributed by atoms with E-state index in [0.717, 1.165) is 28.6 Å². The number of hydrogen-bond acceptors (Lipinski definition) is 0. The number of hydrogen-bond donors (Lipinski definition) is 0. The van der Waals surface area contributed by atoms with Crippen LogP contribution < -0.4 is 0 Å². The Hall–Kier alpha value is 0.430. The van der Waals surface area contributed by atoms with Gasteiger partial charge in [-0.1, -0.05) is 0 Å². The van der Waals surface area contributed by atoms with Crippen LogP contribution in [0.1, 0.15) is 64.2 Å². The molecule has 0 aliphatic heterocycles. The molecular weight excluding hydrogens is 223 g/mol. The van der Waals surface area contributed by atoms with E-state index in [4.69, 9.17) is 0 Å². The van der Waals surface area contributed by atoms with E-state index in [1.165, 1.54) is 6.16 Å². The van der Waals surface area contributed by atoms with Crippen molar-refractivity contribution in [3.63, 3.8) is 0 Å². The summed E-state index contributed by atoms with van der Waals surface area (Å²) in [6.07, 6.45) is 17.2. The lowest BCUT2D eigenvalue weighted by Gasteiger charge is -2.46. The van der Waals surface area contributed by atoms with Crippen LogP contribution in [0, 0.1) is 28.6 Å². The summed E-state index contributed by atoms with van der Waals surface area (Å²) in [4.78, 5) is 0. The molecular formula is C16H27P. The molecule has 0 aromatic carbocycles. The van der Waals surface area contributed by atoms with E-state index in [-0.39, 0.29) is 0 Å². The Morgan fingerprint density at radius 2 is 1.24 bits per heavy atom. The van der Waals surface area contributed by atoms with Crippen molar-refractivity contribution >= 4 is 9.24 Å². The highest BCUT2D eigenvalue weighted by molar-refractivity contribution is 7.16. The van der Waals surface area contributed by atoms with Gasteiger partial charge in [0.05, 0.1) is 0 Å². The van der Waals surface area contributed by atoms with Crippen LogP contribution in [0.4, 0.5) is 0 Å². The minimum absolute atomic E-state index is 0.811. The maximum Gasteiger partial charge on any atom is -0.0258 e. The van der Waals surface area contributed by atoms with E-state index in [9.17, 15) is 0 Å². The van der Waals surface area contributed by atoms with E-state index in [1.807, 2.05) is 0 Å². The molecule has 0 amide bonds. The normalized spacial score (nSPS) is 53.5. The average molecular weight is 250 g/mol. The molecule has 4 rings (SSSR count). The fraction of sp³-hybridized carbons (Fsp3) is 1.00. The third-order valence-corrected chi connectivity index (χ3v) is 7.78. The van der Waals surface area contributed by atoms with Gasteiger partial charge >= 0.3 is 0 Å². The molecule has 1 unspecified atom stereocenters. The van der Waals surface area contributed by atoms with Gasteiger partial charge < -0.3 is 0 Å². The number of rotatable bonds is 3. The number of fused-ring (bicyclic) bond motifs is 4. The summed E-state index contributed by atoms with van der Waals surface area (Å²) >= 11 is 0. The Morgan fingerprint density at radius 3 is 1.47 bits per heavy atom. The smallest absolute Gasteiger partial charge is 0.0258 e. The zero-order chi connectivity index (χ0) is 11.5. The van der Waals surface area contributed by atoms with Crippen molar-refractivity contribution in [3.05, 3.63) is 0 Å². The first-order valence-electron chi connectivity index (χ1n) is 7.96. The van der Waals surface area contributed by atoms with Crippen molar-refractivity contribution < 1.29 is 0 Å². The SMILES string of the molecule is PCC(C12CCC(CC1)C2)C12CCC(CC1)C2. The molecule has 0 spiro atoms. The van der Waals surface area contributed by atoms with Crippen LogP contribution >= 0.6 is 9.24 Å². The van der Waals surface area contributed by atoms with Gasteiger partial charge in [0.25, 0.3) is 0 Å². The molecule has 17 heavy (non-hydrogen) atoms. The Morgan fingerprint density at radius 1 is 0.824 bits per heavy atom. The van der Waals surface area contributed by atoms with Gasteiger partial charge in [-0.15, -0.1) is 9.24 Å². The zero-order valence-corrected chi connectivity index (χ0v) is 12.2. The minimum Gasteiger partial charge on any atom is -0.137 e. The molecule has 4 aliphatic rings. The van der Waals surface area contributed by atoms with Gasteiger partial charge in [0.2, 0.25) is 0 Å². The quantitative estimate of drug-likeness (QED) is 0.640. The lowest BCUT2D eigenvalue weighted by Crippen LogP contribution is -2.40. The van der Waals surface area contributed by atoms with Crippen LogP contribution in [0.15, 0.2) is 0 Å². The van der Waals surface area contributed by atoms with Crippen molar-refractivity contribution in [1.29, 1.82) is 0 Å². The van der Waals surface area contributed by atoms with Gasteiger partial charge in [-0.25, -0.2) is 0 Å². The summed E-state index contributed by atoms with van der Waals surface area (Å²) in [7, 11) is 3.14. The molecule has 0 nitrogen and oxygen atoms in total. The van der Waals surface area contributed by atoms with Crippen LogP contribution in [0.5, 0.6) is 0 Å². The van der Waals surface area contributed by atoms with Crippen molar-refractivity contribution in [2.24, 2.45) is 28.6 Å². The van der Waals surface area contributed by atoms with E-state index < -0.39 is 0 Å². The van der Waals surface area contributed by atoms with Gasteiger partial charge in [0.1, 0.15) is 0 Å². The highest BCUT2D eigenvalue weighted by Gasteiger charge is 2.58. The van der Waals surface area contributed by atoms with Crippen molar-refractivity contribution in [3.8, 4) is 0 Å². The van der Waals surface area contributed by atoms with Gasteiger partial charge in [-0.3, -0.25) is 0 Å². The van der Waals surface area contributed by atoms with Gasteiger partial charge in [-0.05, 0) is 99.0 Å². The molecule has 0 heterocycles. The first-order valence-corrected chi connectivity index (χ1v) is 8.78. The van der Waals surface area contributed by atoms with Crippen LogP contribution in [0.25, 0.3) is 0 Å². The third-order valence-electron chi connectivity index (χ3n) is 7.31. The van der Waals surface area contributed by atoms with Gasteiger partial charge in [0.15, 0.2) is 0 Å². The van der Waals surface area contributed by atoms with Crippen molar-refractivity contribution in [2.75, 3.05) is 6.16 Å². The van der Waals surface area contributed by atoms with E-state index in [2.05, 4.69) is 9.24 Å². The fourth-order valence-electron chi connectivity index (χ4n) is 6.60. The molecule has 0 N–H and O–H groups in total. The largest absolute Gasteiger partial charge is 0.137 e. The van der Waals surface area contributed by atoms with E-state index in [1.54, 1.807) is 64.2 Å². The summed E-state index contributed by atoms with van der Waals surface area (Å²) in [5.74, 6) is 3.33. The molecule has 4 bridgehead atoms. The van der Waals surface area contributed by atoms with Crippen molar-refractivity contribution in [1.82, 2.24) is 0 Å². The highest BCUT2D eigenvalue weighted by Crippen LogP contribution is 2.68. The van der Waals surface area contributed by atoms with Crippen molar-refractivity contribution in [2.45, 2.75) is 64.2 Å². The molecule has 0 saturated heterocycles. The lowest BCUT2D eigenvalue weighted by atomic mass is 9.60. The molecule has 0 aromatic heterocycles. The predicted molar refractivity (Wildman–Crippen MR) is 76.1 cm³/mol. The Bertz CT molecular complexity index is 275. The molecule has 0 aromatic rings. The molecule has 4 aliphatic carbocycles. The summed E-state index contributed by atoms with van der Waals surface area (Å²) in [6.45, 7) is 0. The first kappa shape index (κ1) is 11.3. The topological polar surface area (TPSA) is 0 Å². The van der Waals surface area contributed by atoms with Crippen LogP contribution in [0.3, 0.4) is 0 Å². The van der Waals surface area contributed by atoms with Crippen LogP contribution in [0.2, 0.25) is 0 Å². The Labute approximate surface area is 109 Å². The second-order valence-corrected chi connectivity index (χ2v) is 8.28. The molecule has 1 atom stereocenters. The van der Waals surface area contributed by atoms with Gasteiger partial charge in [0, 0.05) is 0 Å². The second kappa shape index (κ2) is 3.72. The van der Waals surface area contributed by atoms with Gasteiger partial charge in [-0.2, -0.15) is 0 Å². The monoisotopic (exact) mass is 250 g/mol. The van der Waals surface area contributed by atoms with Crippen LogP contribution in [-0.2, 0) is 0 Å². The highest BCUT2D eigenvalue weighted by atomic mass is 31.0. The standard InChI is InChI=1S/C16H27P/c17-11-14(15-5-1-12(9-15)2-6-15)16-7-3-13(10-16)4-8-16/h12-14H,1-11,17H2. The summed E-state index contributed by atoms with van der Waals surface area (Å²) in [5, 5.41) is 0. The predicted octanol–water partition coefficient (Wildman–Crippen LogP) is 4.64. The summed E-state index contributed by atoms with van der Waals surface area (Å²) in [6, 6.07) is 0. The third kappa shape index (κ3) is 1.46. The average Bonchev–Trinajstić information content (AvgIpc) is 3.09. The zero-order valence-electron chi connectivity index (χ0n) is 11.1. The first-order chi connectivity index (χ1) is 8.26. The summed E-state index contributed by atoms with van der Waals surface area (Å²) < 4.78 is 0. The maximum absolute atomic E-state index is 3.14. The maximum atomic E-state index is 3.14. The molecule has 4 saturated carbocycles. The summed E-state index contributed by atoms with van der Waals surface area (Å²) in [5.41, 5.74) is 1.62. The lowest BCUT2D eigenvalue weighted by molar-refractivity contribution is 0.0486. The fourth-order valence-corrected chi connectivity index (χ4v) is 7.60.